The number of hydrogen-bond acceptors (Lipinski definition) is 4. The van der Waals surface area contributed by atoms with Gasteiger partial charge in [0, 0.05) is 18.2 Å². The molecule has 3 aromatic rings. The highest BCUT2D eigenvalue weighted by Crippen LogP contribution is 2.25. The molecule has 206 valence electrons. The topological polar surface area (TPSA) is 86.8 Å². The molecular weight excluding hydrogens is 517 g/mol. The van der Waals surface area contributed by atoms with Crippen LogP contribution in [0.3, 0.4) is 0 Å². The average molecular weight is 552 g/mol. The van der Waals surface area contributed by atoms with E-state index in [1.165, 1.54) is 23.1 Å². The third-order valence-electron chi connectivity index (χ3n) is 7.10. The molecule has 39 heavy (non-hydrogen) atoms. The number of para-hydroxylation sites is 1. The van der Waals surface area contributed by atoms with Crippen molar-refractivity contribution in [3.63, 3.8) is 0 Å². The first-order valence-electron chi connectivity index (χ1n) is 13.1. The Labute approximate surface area is 229 Å². The number of sulfonamides is 1. The van der Waals surface area contributed by atoms with Gasteiger partial charge in [-0.2, -0.15) is 0 Å². The van der Waals surface area contributed by atoms with Crippen molar-refractivity contribution in [1.82, 2.24) is 10.2 Å². The van der Waals surface area contributed by atoms with Crippen LogP contribution in [0.2, 0.25) is 0 Å². The van der Waals surface area contributed by atoms with Gasteiger partial charge in [-0.25, -0.2) is 12.8 Å². The smallest absolute Gasteiger partial charge is 0.264 e. The molecule has 0 heterocycles. The molecule has 9 heteroatoms. The third kappa shape index (κ3) is 6.84. The van der Waals surface area contributed by atoms with Gasteiger partial charge in [0.2, 0.25) is 11.8 Å². The monoisotopic (exact) mass is 551 g/mol. The number of nitrogens with zero attached hydrogens (tertiary/aromatic N) is 2. The second-order valence-electron chi connectivity index (χ2n) is 9.94. The molecule has 4 rings (SSSR count). The summed E-state index contributed by atoms with van der Waals surface area (Å²) in [7, 11) is -4.13. The summed E-state index contributed by atoms with van der Waals surface area (Å²) in [5, 5.41) is 3.00. The van der Waals surface area contributed by atoms with Gasteiger partial charge >= 0.3 is 0 Å². The van der Waals surface area contributed by atoms with Crippen LogP contribution in [0.25, 0.3) is 0 Å². The van der Waals surface area contributed by atoms with Crippen LogP contribution in [0.4, 0.5) is 10.1 Å². The van der Waals surface area contributed by atoms with Gasteiger partial charge in [-0.1, -0.05) is 66.9 Å². The summed E-state index contributed by atoms with van der Waals surface area (Å²) in [6.07, 6.45) is 3.80. The highest BCUT2D eigenvalue weighted by Gasteiger charge is 2.33. The molecule has 1 aliphatic carbocycles. The molecular formula is C30H34FN3O4S. The van der Waals surface area contributed by atoms with Gasteiger partial charge in [0.25, 0.3) is 10.0 Å². The largest absolute Gasteiger partial charge is 0.352 e. The van der Waals surface area contributed by atoms with Crippen LogP contribution in [0.15, 0.2) is 83.8 Å². The Morgan fingerprint density at radius 1 is 0.949 bits per heavy atom. The quantitative estimate of drug-likeness (QED) is 0.392. The molecule has 3 aromatic carbocycles. The van der Waals surface area contributed by atoms with Crippen LogP contribution in [0.1, 0.15) is 43.7 Å². The summed E-state index contributed by atoms with van der Waals surface area (Å²) in [4.78, 5) is 28.4. The van der Waals surface area contributed by atoms with Crippen molar-refractivity contribution in [1.29, 1.82) is 0 Å². The molecule has 2 amide bonds. The van der Waals surface area contributed by atoms with E-state index in [2.05, 4.69) is 5.32 Å². The van der Waals surface area contributed by atoms with Gasteiger partial charge in [-0.05, 0) is 57.0 Å². The first kappa shape index (κ1) is 28.3. The van der Waals surface area contributed by atoms with Crippen LogP contribution >= 0.6 is 0 Å². The molecule has 1 aliphatic rings. The lowest BCUT2D eigenvalue weighted by Gasteiger charge is -2.32. The highest BCUT2D eigenvalue weighted by atomic mass is 32.2. The van der Waals surface area contributed by atoms with E-state index in [4.69, 9.17) is 0 Å². The van der Waals surface area contributed by atoms with Gasteiger partial charge in [-0.15, -0.1) is 0 Å². The predicted octanol–water partition coefficient (Wildman–Crippen LogP) is 4.81. The van der Waals surface area contributed by atoms with Crippen LogP contribution in [-0.4, -0.2) is 43.8 Å². The van der Waals surface area contributed by atoms with Crippen LogP contribution in [-0.2, 0) is 26.2 Å². The average Bonchev–Trinajstić information content (AvgIpc) is 3.44. The fourth-order valence-corrected chi connectivity index (χ4v) is 6.16. The maximum atomic E-state index is 14.6. The van der Waals surface area contributed by atoms with E-state index in [1.807, 2.05) is 6.92 Å². The zero-order valence-corrected chi connectivity index (χ0v) is 23.0. The maximum Gasteiger partial charge on any atom is 0.264 e. The number of amides is 2. The summed E-state index contributed by atoms with van der Waals surface area (Å²) in [6.45, 7) is 2.70. The first-order chi connectivity index (χ1) is 18.7. The van der Waals surface area contributed by atoms with Crippen molar-refractivity contribution in [3.05, 3.63) is 95.8 Å². The molecule has 1 saturated carbocycles. The Hall–Kier alpha value is -3.72. The minimum absolute atomic E-state index is 0.0353. The van der Waals surface area contributed by atoms with E-state index in [1.54, 1.807) is 67.6 Å². The standard InChI is InChI=1S/C30H34FN3O4S/c1-22-16-18-27(19-17-22)39(37,38)34(26-13-4-3-5-14-26)21-29(35)33(20-24-10-6-9-15-28(24)31)23(2)30(36)32-25-11-7-8-12-25/h3-6,9-10,13-19,23,25H,7-8,11-12,20-21H2,1-2H3,(H,32,36)/t23-/m0/s1. The number of nitrogens with one attached hydrogen (secondary N) is 1. The van der Waals surface area contributed by atoms with Crippen molar-refractivity contribution in [2.24, 2.45) is 0 Å². The summed E-state index contributed by atoms with van der Waals surface area (Å²) in [5.74, 6) is -1.47. The van der Waals surface area contributed by atoms with E-state index < -0.39 is 34.3 Å². The van der Waals surface area contributed by atoms with Gasteiger partial charge in [0.15, 0.2) is 0 Å². The van der Waals surface area contributed by atoms with Gasteiger partial charge in [-0.3, -0.25) is 13.9 Å². The molecule has 0 aliphatic heterocycles. The number of benzene rings is 3. The zero-order valence-electron chi connectivity index (χ0n) is 22.2. The predicted molar refractivity (Wildman–Crippen MR) is 149 cm³/mol. The van der Waals surface area contributed by atoms with Crippen LogP contribution in [0, 0.1) is 12.7 Å². The fourth-order valence-electron chi connectivity index (χ4n) is 4.75. The summed E-state index contributed by atoms with van der Waals surface area (Å²) in [5.41, 5.74) is 1.44. The number of anilines is 1. The van der Waals surface area contributed by atoms with Gasteiger partial charge in [0.05, 0.1) is 10.6 Å². The molecule has 1 N–H and O–H groups in total. The summed E-state index contributed by atoms with van der Waals surface area (Å²) < 4.78 is 43.2. The molecule has 0 saturated heterocycles. The Morgan fingerprint density at radius 2 is 1.56 bits per heavy atom. The Bertz CT molecular complexity index is 1390. The van der Waals surface area contributed by atoms with Crippen molar-refractivity contribution < 1.29 is 22.4 Å². The number of halogens is 1. The van der Waals surface area contributed by atoms with Crippen molar-refractivity contribution in [3.8, 4) is 0 Å². The second-order valence-corrected chi connectivity index (χ2v) is 11.8. The Balaban J connectivity index is 1.67. The molecule has 1 fully saturated rings. The number of hydrogen-bond donors (Lipinski definition) is 1. The molecule has 7 nitrogen and oxygen atoms in total. The number of aryl methyl sites for hydroxylation is 1. The van der Waals surface area contributed by atoms with E-state index in [0.717, 1.165) is 35.6 Å². The lowest BCUT2D eigenvalue weighted by atomic mass is 10.1. The minimum atomic E-state index is -4.13. The maximum absolute atomic E-state index is 14.6. The summed E-state index contributed by atoms with van der Waals surface area (Å²) >= 11 is 0. The van der Waals surface area contributed by atoms with E-state index >= 15 is 0 Å². The fraction of sp³-hybridized carbons (Fsp3) is 0.333. The molecule has 0 bridgehead atoms. The lowest BCUT2D eigenvalue weighted by molar-refractivity contribution is -0.139. The number of carbonyl (C=O) groups is 2. The molecule has 0 unspecified atom stereocenters. The second kappa shape index (κ2) is 12.4. The van der Waals surface area contributed by atoms with Crippen molar-refractivity contribution >= 4 is 27.5 Å². The highest BCUT2D eigenvalue weighted by molar-refractivity contribution is 7.92. The van der Waals surface area contributed by atoms with Crippen LogP contribution in [0.5, 0.6) is 0 Å². The van der Waals surface area contributed by atoms with Gasteiger partial charge in [0.1, 0.15) is 18.4 Å². The molecule has 1 atom stereocenters. The Morgan fingerprint density at radius 3 is 2.21 bits per heavy atom. The van der Waals surface area contributed by atoms with Crippen molar-refractivity contribution in [2.75, 3.05) is 10.8 Å². The molecule has 0 radical (unpaired) electrons. The minimum Gasteiger partial charge on any atom is -0.352 e. The lowest BCUT2D eigenvalue weighted by Crippen LogP contribution is -2.52. The van der Waals surface area contributed by atoms with E-state index in [9.17, 15) is 22.4 Å². The van der Waals surface area contributed by atoms with E-state index in [0.29, 0.717) is 5.69 Å². The third-order valence-corrected chi connectivity index (χ3v) is 8.89. The normalized spacial score (nSPS) is 14.5. The molecule has 0 spiro atoms. The number of carbonyl (C=O) groups excluding carboxylic acids is 2. The van der Waals surface area contributed by atoms with Crippen molar-refractivity contribution in [2.45, 2.75) is 63.1 Å². The van der Waals surface area contributed by atoms with E-state index in [-0.39, 0.29) is 29.0 Å². The van der Waals surface area contributed by atoms with Crippen LogP contribution < -0.4 is 9.62 Å². The zero-order chi connectivity index (χ0) is 28.0. The first-order valence-corrected chi connectivity index (χ1v) is 14.6. The Kier molecular flexibility index (Phi) is 9.01. The SMILES string of the molecule is Cc1ccc(S(=O)(=O)N(CC(=O)N(Cc2ccccc2F)[C@@H](C)C(=O)NC2CCCC2)c2ccccc2)cc1. The summed E-state index contributed by atoms with van der Waals surface area (Å²) in [6, 6.07) is 19.9. The number of rotatable bonds is 10. The molecule has 0 aromatic heterocycles. The van der Waals surface area contributed by atoms with Gasteiger partial charge < -0.3 is 10.2 Å².